The average Bonchev–Trinajstić information content (AvgIpc) is 3.09. The lowest BCUT2D eigenvalue weighted by molar-refractivity contribution is -0.131. The van der Waals surface area contributed by atoms with E-state index in [1.54, 1.807) is 14.2 Å². The molecule has 5 nitrogen and oxygen atoms in total. The summed E-state index contributed by atoms with van der Waals surface area (Å²) in [6, 6.07) is 9.35. The number of ether oxygens (including phenoxy) is 2. The van der Waals surface area contributed by atoms with Crippen molar-refractivity contribution in [3.8, 4) is 11.5 Å². The second-order valence-corrected chi connectivity index (χ2v) is 9.40. The van der Waals surface area contributed by atoms with Gasteiger partial charge in [-0.2, -0.15) is 0 Å². The van der Waals surface area contributed by atoms with E-state index in [-0.39, 0.29) is 17.3 Å². The van der Waals surface area contributed by atoms with E-state index in [1.807, 2.05) is 23.1 Å². The molecule has 1 atom stereocenters. The Labute approximate surface area is 200 Å². The third-order valence-corrected chi connectivity index (χ3v) is 7.48. The van der Waals surface area contributed by atoms with Crippen molar-refractivity contribution < 1.29 is 23.0 Å². The molecular formula is C27H34F2N2O3. The van der Waals surface area contributed by atoms with Gasteiger partial charge in [0.25, 0.3) is 0 Å². The molecule has 184 valence electrons. The Bertz CT molecular complexity index is 1020. The van der Waals surface area contributed by atoms with Crippen LogP contribution in [0.4, 0.5) is 8.78 Å². The van der Waals surface area contributed by atoms with Crippen LogP contribution in [0.15, 0.2) is 36.4 Å². The third kappa shape index (κ3) is 5.35. The second kappa shape index (κ2) is 10.7. The number of carbonyl (C=O) groups excluding carboxylic acids is 1. The van der Waals surface area contributed by atoms with Crippen LogP contribution in [0.1, 0.15) is 49.7 Å². The molecule has 2 saturated heterocycles. The van der Waals surface area contributed by atoms with Gasteiger partial charge in [-0.3, -0.25) is 9.69 Å². The van der Waals surface area contributed by atoms with E-state index in [9.17, 15) is 13.6 Å². The molecule has 0 unspecified atom stereocenters. The van der Waals surface area contributed by atoms with Crippen LogP contribution in [-0.2, 0) is 17.8 Å². The quantitative estimate of drug-likeness (QED) is 0.571. The summed E-state index contributed by atoms with van der Waals surface area (Å²) < 4.78 is 38.7. The molecule has 0 radical (unpaired) electrons. The molecular weight excluding hydrogens is 438 g/mol. The molecule has 2 aliphatic rings. The Morgan fingerprint density at radius 2 is 1.74 bits per heavy atom. The van der Waals surface area contributed by atoms with Crippen LogP contribution in [0.5, 0.6) is 11.5 Å². The van der Waals surface area contributed by atoms with Gasteiger partial charge >= 0.3 is 0 Å². The Balaban J connectivity index is 1.37. The summed E-state index contributed by atoms with van der Waals surface area (Å²) in [6.07, 6.45) is 5.87. The zero-order valence-electron chi connectivity index (χ0n) is 20.1. The van der Waals surface area contributed by atoms with Gasteiger partial charge in [0, 0.05) is 43.2 Å². The van der Waals surface area contributed by atoms with E-state index in [2.05, 4.69) is 4.90 Å². The summed E-state index contributed by atoms with van der Waals surface area (Å²) >= 11 is 0. The number of nitrogens with zero attached hydrogens (tertiary/aromatic N) is 2. The van der Waals surface area contributed by atoms with Gasteiger partial charge in [-0.1, -0.05) is 6.07 Å². The fourth-order valence-corrected chi connectivity index (χ4v) is 5.56. The predicted molar refractivity (Wildman–Crippen MR) is 127 cm³/mol. The number of amides is 1. The van der Waals surface area contributed by atoms with Gasteiger partial charge in [0.1, 0.15) is 23.1 Å². The lowest BCUT2D eigenvalue weighted by Crippen LogP contribution is -2.44. The Morgan fingerprint density at radius 3 is 2.50 bits per heavy atom. The minimum atomic E-state index is -0.407. The second-order valence-electron chi connectivity index (χ2n) is 9.40. The number of aryl methyl sites for hydroxylation is 1. The summed E-state index contributed by atoms with van der Waals surface area (Å²) in [6.45, 7) is 2.72. The van der Waals surface area contributed by atoms with Crippen LogP contribution >= 0.6 is 0 Å². The summed E-state index contributed by atoms with van der Waals surface area (Å²) in [5.41, 5.74) is 1.35. The molecule has 2 aliphatic heterocycles. The highest BCUT2D eigenvalue weighted by molar-refractivity contribution is 5.76. The zero-order valence-corrected chi connectivity index (χ0v) is 20.1. The van der Waals surface area contributed by atoms with Crippen molar-refractivity contribution in [2.45, 2.75) is 57.0 Å². The summed E-state index contributed by atoms with van der Waals surface area (Å²) in [4.78, 5) is 17.4. The third-order valence-electron chi connectivity index (χ3n) is 7.48. The molecule has 0 bridgehead atoms. The largest absolute Gasteiger partial charge is 0.497 e. The fourth-order valence-electron chi connectivity index (χ4n) is 5.56. The molecule has 2 fully saturated rings. The Hall–Kier alpha value is -2.67. The van der Waals surface area contributed by atoms with Crippen LogP contribution in [0.25, 0.3) is 0 Å². The lowest BCUT2D eigenvalue weighted by atomic mass is 9.87. The van der Waals surface area contributed by atoms with Crippen molar-refractivity contribution in [1.29, 1.82) is 0 Å². The minimum absolute atomic E-state index is 0.0486. The molecule has 4 rings (SSSR count). The zero-order chi connectivity index (χ0) is 24.1. The van der Waals surface area contributed by atoms with Crippen LogP contribution in [-0.4, -0.2) is 55.1 Å². The molecule has 2 aromatic carbocycles. The van der Waals surface area contributed by atoms with E-state index >= 15 is 0 Å². The van der Waals surface area contributed by atoms with Crippen molar-refractivity contribution >= 4 is 5.91 Å². The highest BCUT2D eigenvalue weighted by atomic mass is 19.1. The standard InChI is InChI=1S/C27H34F2N2O3/c1-33-23-8-5-20(25(18-23)34-2)6-10-26(32)30-14-3-11-27(13-16-30)12-4-15-31(27)19-21-17-22(28)7-9-24(21)29/h5,7-9,17-18H,3-4,6,10-16,19H2,1-2H3/t27-/m1/s1. The van der Waals surface area contributed by atoms with Crippen LogP contribution in [0.3, 0.4) is 0 Å². The summed E-state index contributed by atoms with van der Waals surface area (Å²) in [5.74, 6) is 0.839. The molecule has 0 aliphatic carbocycles. The van der Waals surface area contributed by atoms with Crippen molar-refractivity contribution in [2.24, 2.45) is 0 Å². The van der Waals surface area contributed by atoms with E-state index < -0.39 is 5.82 Å². The van der Waals surface area contributed by atoms with Crippen molar-refractivity contribution in [1.82, 2.24) is 9.80 Å². The molecule has 0 saturated carbocycles. The number of methoxy groups -OCH3 is 2. The van der Waals surface area contributed by atoms with E-state index in [0.29, 0.717) is 31.5 Å². The topological polar surface area (TPSA) is 42.0 Å². The number of rotatable bonds is 7. The van der Waals surface area contributed by atoms with Gasteiger partial charge in [-0.25, -0.2) is 8.78 Å². The maximum atomic E-state index is 14.3. The monoisotopic (exact) mass is 472 g/mol. The first-order valence-corrected chi connectivity index (χ1v) is 12.1. The number of hydrogen-bond acceptors (Lipinski definition) is 4. The fraction of sp³-hybridized carbons (Fsp3) is 0.519. The van der Waals surface area contributed by atoms with Gasteiger partial charge in [0.2, 0.25) is 5.91 Å². The number of likely N-dealkylation sites (tertiary alicyclic amines) is 2. The van der Waals surface area contributed by atoms with Crippen LogP contribution < -0.4 is 9.47 Å². The number of hydrogen-bond donors (Lipinski definition) is 0. The van der Waals surface area contributed by atoms with Crippen molar-refractivity contribution in [3.63, 3.8) is 0 Å². The molecule has 1 spiro atoms. The average molecular weight is 473 g/mol. The van der Waals surface area contributed by atoms with Gasteiger partial charge in [0.15, 0.2) is 0 Å². The lowest BCUT2D eigenvalue weighted by Gasteiger charge is -2.38. The summed E-state index contributed by atoms with van der Waals surface area (Å²) in [5, 5.41) is 0. The van der Waals surface area contributed by atoms with Gasteiger partial charge in [0.05, 0.1) is 14.2 Å². The number of benzene rings is 2. The Morgan fingerprint density at radius 1 is 0.941 bits per heavy atom. The van der Waals surface area contributed by atoms with Crippen LogP contribution in [0, 0.1) is 11.6 Å². The molecule has 1 amide bonds. The SMILES string of the molecule is COc1ccc(CCC(=O)N2CCC[C@@]3(CCCN3Cc3cc(F)ccc3F)CC2)c(OC)c1. The van der Waals surface area contributed by atoms with E-state index in [0.717, 1.165) is 68.3 Å². The van der Waals surface area contributed by atoms with Gasteiger partial charge in [-0.05, 0) is 74.9 Å². The maximum Gasteiger partial charge on any atom is 0.222 e. The number of carbonyl (C=O) groups is 1. The first kappa shape index (κ1) is 24.5. The highest BCUT2D eigenvalue weighted by Gasteiger charge is 2.42. The molecule has 7 heteroatoms. The van der Waals surface area contributed by atoms with Crippen LogP contribution in [0.2, 0.25) is 0 Å². The molecule has 2 aromatic rings. The van der Waals surface area contributed by atoms with E-state index in [1.165, 1.54) is 12.1 Å². The van der Waals surface area contributed by atoms with Crippen molar-refractivity contribution in [2.75, 3.05) is 33.9 Å². The summed E-state index contributed by atoms with van der Waals surface area (Å²) in [7, 11) is 3.24. The van der Waals surface area contributed by atoms with Crippen molar-refractivity contribution in [3.05, 3.63) is 59.2 Å². The maximum absolute atomic E-state index is 14.3. The molecule has 34 heavy (non-hydrogen) atoms. The van der Waals surface area contributed by atoms with E-state index in [4.69, 9.17) is 9.47 Å². The normalized spacial score (nSPS) is 21.0. The highest BCUT2D eigenvalue weighted by Crippen LogP contribution is 2.40. The first-order valence-electron chi connectivity index (χ1n) is 12.1. The number of halogens is 2. The predicted octanol–water partition coefficient (Wildman–Crippen LogP) is 4.96. The Kier molecular flexibility index (Phi) is 7.71. The first-order chi connectivity index (χ1) is 16.4. The minimum Gasteiger partial charge on any atom is -0.497 e. The molecule has 0 aromatic heterocycles. The van der Waals surface area contributed by atoms with Gasteiger partial charge in [-0.15, -0.1) is 0 Å². The molecule has 0 N–H and O–H groups in total. The van der Waals surface area contributed by atoms with Gasteiger partial charge < -0.3 is 14.4 Å². The molecule has 2 heterocycles. The smallest absolute Gasteiger partial charge is 0.222 e.